The molecule has 1 aliphatic rings. The summed E-state index contributed by atoms with van der Waals surface area (Å²) in [6.07, 6.45) is 2.43. The van der Waals surface area contributed by atoms with Gasteiger partial charge in [-0.2, -0.15) is 5.10 Å². The Balaban J connectivity index is 1.45. The first-order chi connectivity index (χ1) is 14.1. The number of benzene rings is 2. The number of nitrogens with zero attached hydrogens (tertiary/aromatic N) is 4. The van der Waals surface area contributed by atoms with Crippen molar-refractivity contribution in [2.24, 2.45) is 7.05 Å². The van der Waals surface area contributed by atoms with Crippen LogP contribution in [0.5, 0.6) is 0 Å². The number of halogens is 1. The second kappa shape index (κ2) is 6.81. The highest BCUT2D eigenvalue weighted by molar-refractivity contribution is 5.98. The second-order valence-corrected chi connectivity index (χ2v) is 7.30. The number of hydrogen-bond acceptors (Lipinski definition) is 3. The van der Waals surface area contributed by atoms with Crippen molar-refractivity contribution in [3.63, 3.8) is 0 Å². The van der Waals surface area contributed by atoms with Crippen molar-refractivity contribution >= 4 is 16.8 Å². The summed E-state index contributed by atoms with van der Waals surface area (Å²) in [7, 11) is 1.86. The van der Waals surface area contributed by atoms with Crippen molar-refractivity contribution in [2.75, 3.05) is 6.54 Å². The molecule has 144 valence electrons. The molecule has 29 heavy (non-hydrogen) atoms. The minimum absolute atomic E-state index is 0.0145. The molecule has 0 unspecified atom stereocenters. The van der Waals surface area contributed by atoms with Gasteiger partial charge in [0.25, 0.3) is 5.91 Å². The minimum atomic E-state index is -0.268. The van der Waals surface area contributed by atoms with E-state index in [0.29, 0.717) is 25.1 Å². The number of fused-ring (bicyclic) bond motifs is 2. The molecule has 1 aliphatic heterocycles. The third-order valence-corrected chi connectivity index (χ3v) is 5.44. The monoisotopic (exact) mass is 386 g/mol. The number of pyridine rings is 1. The number of rotatable bonds is 2. The number of amides is 1. The zero-order valence-electron chi connectivity index (χ0n) is 16.0. The molecule has 3 heterocycles. The summed E-state index contributed by atoms with van der Waals surface area (Å²) in [6, 6.07) is 16.0. The molecule has 5 nitrogen and oxygen atoms in total. The normalized spacial score (nSPS) is 13.5. The molecule has 4 aromatic rings. The molecule has 5 rings (SSSR count). The molecule has 0 saturated heterocycles. The third kappa shape index (κ3) is 3.06. The molecule has 0 atom stereocenters. The smallest absolute Gasteiger partial charge is 0.254 e. The van der Waals surface area contributed by atoms with E-state index in [2.05, 4.69) is 10.1 Å². The first-order valence-corrected chi connectivity index (χ1v) is 9.55. The fourth-order valence-electron chi connectivity index (χ4n) is 4.08. The van der Waals surface area contributed by atoms with Gasteiger partial charge in [0.1, 0.15) is 5.82 Å². The molecular formula is C23H19FN4O. The van der Waals surface area contributed by atoms with Crippen LogP contribution in [0, 0.1) is 5.82 Å². The summed E-state index contributed by atoms with van der Waals surface area (Å²) in [5.74, 6) is -0.282. The lowest BCUT2D eigenvalue weighted by atomic mass is 9.99. The van der Waals surface area contributed by atoms with Gasteiger partial charge in [-0.15, -0.1) is 0 Å². The van der Waals surface area contributed by atoms with E-state index in [-0.39, 0.29) is 11.7 Å². The van der Waals surface area contributed by atoms with Gasteiger partial charge in [-0.25, -0.2) is 4.39 Å². The van der Waals surface area contributed by atoms with E-state index in [1.54, 1.807) is 16.9 Å². The van der Waals surface area contributed by atoms with Gasteiger partial charge in [-0.05, 0) is 42.8 Å². The van der Waals surface area contributed by atoms with Crippen LogP contribution in [-0.2, 0) is 20.0 Å². The summed E-state index contributed by atoms with van der Waals surface area (Å²) in [5, 5.41) is 5.57. The van der Waals surface area contributed by atoms with Gasteiger partial charge in [0.05, 0.1) is 23.4 Å². The van der Waals surface area contributed by atoms with E-state index in [9.17, 15) is 9.18 Å². The number of aryl methyl sites for hydroxylation is 1. The molecule has 0 N–H and O–H groups in total. The Morgan fingerprint density at radius 1 is 1.10 bits per heavy atom. The maximum Gasteiger partial charge on any atom is 0.254 e. The lowest BCUT2D eigenvalue weighted by Crippen LogP contribution is -2.36. The number of hydrogen-bond donors (Lipinski definition) is 0. The molecule has 6 heteroatoms. The molecule has 2 aromatic heterocycles. The van der Waals surface area contributed by atoms with Crippen molar-refractivity contribution in [1.82, 2.24) is 19.7 Å². The van der Waals surface area contributed by atoms with E-state index in [0.717, 1.165) is 33.4 Å². The standard InChI is InChI=1S/C23H19FN4O/c1-27-22(16-4-2-6-18(24)13-16)19-9-11-28(14-21(19)26-27)23(29)17-7-8-20-15(12-17)5-3-10-25-20/h2-8,10,12-13H,9,11,14H2,1H3. The summed E-state index contributed by atoms with van der Waals surface area (Å²) >= 11 is 0. The Labute approximate surface area is 167 Å². The molecule has 0 saturated carbocycles. The SMILES string of the molecule is Cn1nc2c(c1-c1cccc(F)c1)CCN(C(=O)c1ccc3ncccc3c1)C2. The third-order valence-electron chi connectivity index (χ3n) is 5.44. The van der Waals surface area contributed by atoms with Crippen LogP contribution in [0.25, 0.3) is 22.2 Å². The van der Waals surface area contributed by atoms with Crippen molar-refractivity contribution in [3.05, 3.63) is 83.4 Å². The summed E-state index contributed by atoms with van der Waals surface area (Å²) in [6.45, 7) is 1.05. The molecule has 0 fully saturated rings. The average molecular weight is 386 g/mol. The summed E-state index contributed by atoms with van der Waals surface area (Å²) < 4.78 is 15.5. The van der Waals surface area contributed by atoms with E-state index in [1.807, 2.05) is 48.3 Å². The lowest BCUT2D eigenvalue weighted by Gasteiger charge is -2.26. The number of carbonyl (C=O) groups excluding carboxylic acids is 1. The highest BCUT2D eigenvalue weighted by atomic mass is 19.1. The largest absolute Gasteiger partial charge is 0.332 e. The minimum Gasteiger partial charge on any atom is -0.332 e. The quantitative estimate of drug-likeness (QED) is 0.524. The Hall–Kier alpha value is -3.54. The van der Waals surface area contributed by atoms with Gasteiger partial charge < -0.3 is 4.90 Å². The number of aromatic nitrogens is 3. The molecular weight excluding hydrogens is 367 g/mol. The van der Waals surface area contributed by atoms with E-state index in [1.165, 1.54) is 12.1 Å². The fourth-order valence-corrected chi connectivity index (χ4v) is 4.08. The Morgan fingerprint density at radius 2 is 2.00 bits per heavy atom. The van der Waals surface area contributed by atoms with Gasteiger partial charge in [0, 0.05) is 41.9 Å². The van der Waals surface area contributed by atoms with E-state index < -0.39 is 0 Å². The highest BCUT2D eigenvalue weighted by Gasteiger charge is 2.27. The van der Waals surface area contributed by atoms with Crippen LogP contribution in [0.3, 0.4) is 0 Å². The van der Waals surface area contributed by atoms with Crippen LogP contribution in [0.2, 0.25) is 0 Å². The van der Waals surface area contributed by atoms with E-state index in [4.69, 9.17) is 0 Å². The predicted molar refractivity (Wildman–Crippen MR) is 109 cm³/mol. The zero-order valence-corrected chi connectivity index (χ0v) is 16.0. The van der Waals surface area contributed by atoms with Gasteiger partial charge in [-0.1, -0.05) is 18.2 Å². The van der Waals surface area contributed by atoms with Crippen LogP contribution < -0.4 is 0 Å². The van der Waals surface area contributed by atoms with E-state index >= 15 is 0 Å². The van der Waals surface area contributed by atoms with Crippen molar-refractivity contribution < 1.29 is 9.18 Å². The molecule has 0 bridgehead atoms. The Morgan fingerprint density at radius 3 is 2.86 bits per heavy atom. The van der Waals surface area contributed by atoms with Crippen LogP contribution in [0.1, 0.15) is 21.6 Å². The van der Waals surface area contributed by atoms with Crippen molar-refractivity contribution in [1.29, 1.82) is 0 Å². The maximum atomic E-state index is 13.7. The fraction of sp³-hybridized carbons (Fsp3) is 0.174. The average Bonchev–Trinajstić information content (AvgIpc) is 3.07. The van der Waals surface area contributed by atoms with Gasteiger partial charge in [0.15, 0.2) is 0 Å². The molecule has 2 aromatic carbocycles. The van der Waals surface area contributed by atoms with Crippen LogP contribution in [0.15, 0.2) is 60.8 Å². The maximum absolute atomic E-state index is 13.7. The first kappa shape index (κ1) is 17.6. The predicted octanol–water partition coefficient (Wildman–Crippen LogP) is 3.97. The van der Waals surface area contributed by atoms with Crippen molar-refractivity contribution in [3.8, 4) is 11.3 Å². The van der Waals surface area contributed by atoms with Crippen LogP contribution >= 0.6 is 0 Å². The molecule has 0 radical (unpaired) electrons. The number of carbonyl (C=O) groups is 1. The summed E-state index contributed by atoms with van der Waals surface area (Å²) in [4.78, 5) is 19.2. The Kier molecular flexibility index (Phi) is 4.12. The second-order valence-electron chi connectivity index (χ2n) is 7.30. The topological polar surface area (TPSA) is 51.0 Å². The molecule has 0 aliphatic carbocycles. The first-order valence-electron chi connectivity index (χ1n) is 9.55. The Bertz CT molecular complexity index is 1250. The molecule has 1 amide bonds. The van der Waals surface area contributed by atoms with Gasteiger partial charge in [0.2, 0.25) is 0 Å². The van der Waals surface area contributed by atoms with Crippen molar-refractivity contribution in [2.45, 2.75) is 13.0 Å². The lowest BCUT2D eigenvalue weighted by molar-refractivity contribution is 0.0732. The van der Waals surface area contributed by atoms with Gasteiger partial charge in [-0.3, -0.25) is 14.5 Å². The highest BCUT2D eigenvalue weighted by Crippen LogP contribution is 2.31. The summed E-state index contributed by atoms with van der Waals surface area (Å²) in [5.41, 5.74) is 5.20. The van der Waals surface area contributed by atoms with Crippen LogP contribution in [-0.4, -0.2) is 32.1 Å². The zero-order chi connectivity index (χ0) is 20.0. The van der Waals surface area contributed by atoms with Crippen LogP contribution in [0.4, 0.5) is 4.39 Å². The molecule has 0 spiro atoms. The van der Waals surface area contributed by atoms with Gasteiger partial charge >= 0.3 is 0 Å².